The Balaban J connectivity index is 1.93. The van der Waals surface area contributed by atoms with Gasteiger partial charge in [-0.05, 0) is 19.8 Å². The molecule has 2 heterocycles. The Labute approximate surface area is 122 Å². The van der Waals surface area contributed by atoms with Crippen LogP contribution < -0.4 is 5.32 Å². The molecule has 0 bridgehead atoms. The van der Waals surface area contributed by atoms with E-state index < -0.39 is 30.2 Å². The molecule has 0 aliphatic carbocycles. The SMILES string of the molecule is CC(NC(=O)N1C[C@H](O)C[C@H]1C(=O)O)C(=O)N1CCCC1. The van der Waals surface area contributed by atoms with Crippen LogP contribution in [0.5, 0.6) is 0 Å². The lowest BCUT2D eigenvalue weighted by Crippen LogP contribution is -2.52. The largest absolute Gasteiger partial charge is 0.480 e. The Hall–Kier alpha value is -1.83. The second-order valence-electron chi connectivity index (χ2n) is 5.60. The Bertz CT molecular complexity index is 436. The Morgan fingerprint density at radius 1 is 1.24 bits per heavy atom. The number of carboxylic acid groups (broad SMARTS) is 1. The maximum absolute atomic E-state index is 12.1. The number of aliphatic carboxylic acids is 1. The maximum Gasteiger partial charge on any atom is 0.326 e. The second kappa shape index (κ2) is 6.30. The van der Waals surface area contributed by atoms with Crippen LogP contribution in [0.2, 0.25) is 0 Å². The Morgan fingerprint density at radius 2 is 1.86 bits per heavy atom. The summed E-state index contributed by atoms with van der Waals surface area (Å²) in [4.78, 5) is 38.1. The van der Waals surface area contributed by atoms with Gasteiger partial charge in [0.05, 0.1) is 6.10 Å². The van der Waals surface area contributed by atoms with Gasteiger partial charge < -0.3 is 25.3 Å². The summed E-state index contributed by atoms with van der Waals surface area (Å²) in [6.45, 7) is 2.94. The van der Waals surface area contributed by atoms with Crippen molar-refractivity contribution in [2.24, 2.45) is 0 Å². The van der Waals surface area contributed by atoms with Crippen molar-refractivity contribution in [3.05, 3.63) is 0 Å². The van der Waals surface area contributed by atoms with Crippen LogP contribution in [0.25, 0.3) is 0 Å². The number of carbonyl (C=O) groups excluding carboxylic acids is 2. The first-order valence-corrected chi connectivity index (χ1v) is 7.17. The third kappa shape index (κ3) is 3.44. The lowest BCUT2D eigenvalue weighted by atomic mass is 10.2. The molecule has 2 aliphatic rings. The van der Waals surface area contributed by atoms with E-state index in [0.717, 1.165) is 17.7 Å². The fourth-order valence-electron chi connectivity index (χ4n) is 2.81. The fourth-order valence-corrected chi connectivity index (χ4v) is 2.81. The highest BCUT2D eigenvalue weighted by molar-refractivity contribution is 5.89. The van der Waals surface area contributed by atoms with Gasteiger partial charge in [-0.15, -0.1) is 0 Å². The van der Waals surface area contributed by atoms with Crippen molar-refractivity contribution >= 4 is 17.9 Å². The normalized spacial score (nSPS) is 26.8. The van der Waals surface area contributed by atoms with Gasteiger partial charge in [-0.25, -0.2) is 9.59 Å². The average molecular weight is 299 g/mol. The first kappa shape index (κ1) is 15.6. The van der Waals surface area contributed by atoms with E-state index in [4.69, 9.17) is 5.11 Å². The molecular weight excluding hydrogens is 278 g/mol. The molecular formula is C13H21N3O5. The minimum absolute atomic E-state index is 0.0111. The zero-order chi connectivity index (χ0) is 15.6. The van der Waals surface area contributed by atoms with Gasteiger partial charge in [-0.2, -0.15) is 0 Å². The lowest BCUT2D eigenvalue weighted by Gasteiger charge is -2.26. The van der Waals surface area contributed by atoms with Gasteiger partial charge in [0, 0.05) is 26.1 Å². The van der Waals surface area contributed by atoms with Gasteiger partial charge in [0.15, 0.2) is 0 Å². The number of nitrogens with one attached hydrogen (secondary N) is 1. The molecule has 2 rings (SSSR count). The summed E-state index contributed by atoms with van der Waals surface area (Å²) in [6, 6.07) is -2.38. The number of aliphatic hydroxyl groups is 1. The molecule has 8 nitrogen and oxygen atoms in total. The molecule has 2 fully saturated rings. The highest BCUT2D eigenvalue weighted by Gasteiger charge is 2.39. The molecule has 3 N–H and O–H groups in total. The molecule has 0 aromatic carbocycles. The molecule has 3 atom stereocenters. The van der Waals surface area contributed by atoms with Gasteiger partial charge in [0.25, 0.3) is 0 Å². The summed E-state index contributed by atoms with van der Waals surface area (Å²) < 4.78 is 0. The van der Waals surface area contributed by atoms with E-state index in [0.29, 0.717) is 13.1 Å². The zero-order valence-electron chi connectivity index (χ0n) is 12.0. The van der Waals surface area contributed by atoms with Gasteiger partial charge in [0.1, 0.15) is 12.1 Å². The smallest absolute Gasteiger partial charge is 0.326 e. The summed E-state index contributed by atoms with van der Waals surface area (Å²) >= 11 is 0. The average Bonchev–Trinajstić information content (AvgIpc) is 3.06. The Morgan fingerprint density at radius 3 is 2.43 bits per heavy atom. The second-order valence-corrected chi connectivity index (χ2v) is 5.60. The molecule has 2 saturated heterocycles. The summed E-state index contributed by atoms with van der Waals surface area (Å²) in [6.07, 6.45) is 1.09. The molecule has 1 unspecified atom stereocenters. The molecule has 0 aromatic rings. The summed E-state index contributed by atoms with van der Waals surface area (Å²) in [5.74, 6) is -1.31. The number of amides is 3. The number of nitrogens with zero attached hydrogens (tertiary/aromatic N) is 2. The van der Waals surface area contributed by atoms with E-state index in [9.17, 15) is 19.5 Å². The lowest BCUT2D eigenvalue weighted by molar-refractivity contribution is -0.141. The number of hydrogen-bond acceptors (Lipinski definition) is 4. The van der Waals surface area contributed by atoms with Crippen LogP contribution in [-0.2, 0) is 9.59 Å². The molecule has 0 saturated carbocycles. The zero-order valence-corrected chi connectivity index (χ0v) is 12.0. The number of rotatable bonds is 3. The quantitative estimate of drug-likeness (QED) is 0.633. The minimum atomic E-state index is -1.15. The Kier molecular flexibility index (Phi) is 4.66. The number of carbonyl (C=O) groups is 3. The van der Waals surface area contributed by atoms with Crippen molar-refractivity contribution in [2.45, 2.75) is 44.4 Å². The van der Waals surface area contributed by atoms with Crippen molar-refractivity contribution < 1.29 is 24.6 Å². The number of aliphatic hydroxyl groups excluding tert-OH is 1. The molecule has 0 radical (unpaired) electrons. The topological polar surface area (TPSA) is 110 Å². The monoisotopic (exact) mass is 299 g/mol. The maximum atomic E-state index is 12.1. The number of urea groups is 1. The van der Waals surface area contributed by atoms with Crippen LogP contribution in [0.15, 0.2) is 0 Å². The van der Waals surface area contributed by atoms with Crippen molar-refractivity contribution in [1.29, 1.82) is 0 Å². The molecule has 0 spiro atoms. The van der Waals surface area contributed by atoms with Crippen molar-refractivity contribution in [2.75, 3.05) is 19.6 Å². The van der Waals surface area contributed by atoms with Gasteiger partial charge in [-0.1, -0.05) is 0 Å². The van der Waals surface area contributed by atoms with Crippen LogP contribution in [0.3, 0.4) is 0 Å². The number of β-amino-alcohol motifs (C(OH)–C–C–N with tert-alkyl or cyclic N) is 1. The third-order valence-electron chi connectivity index (χ3n) is 3.95. The summed E-state index contributed by atoms with van der Waals surface area (Å²) in [5, 5.41) is 21.1. The van der Waals surface area contributed by atoms with Gasteiger partial charge in [0.2, 0.25) is 5.91 Å². The van der Waals surface area contributed by atoms with Crippen LogP contribution in [0.1, 0.15) is 26.2 Å². The highest BCUT2D eigenvalue weighted by atomic mass is 16.4. The fraction of sp³-hybridized carbons (Fsp3) is 0.769. The van der Waals surface area contributed by atoms with Gasteiger partial charge in [-0.3, -0.25) is 4.79 Å². The van der Waals surface area contributed by atoms with E-state index in [-0.39, 0.29) is 18.9 Å². The summed E-state index contributed by atoms with van der Waals surface area (Å²) in [7, 11) is 0. The first-order valence-electron chi connectivity index (χ1n) is 7.17. The van der Waals surface area contributed by atoms with Crippen LogP contribution in [0, 0.1) is 0 Å². The van der Waals surface area contributed by atoms with Crippen LogP contribution in [-0.4, -0.2) is 75.7 Å². The number of carboxylic acids is 1. The predicted octanol–water partition coefficient (Wildman–Crippen LogP) is -0.773. The van der Waals surface area contributed by atoms with Crippen LogP contribution >= 0.6 is 0 Å². The van der Waals surface area contributed by atoms with Crippen molar-refractivity contribution in [3.8, 4) is 0 Å². The molecule has 118 valence electrons. The molecule has 3 amide bonds. The van der Waals surface area contributed by atoms with E-state index in [1.165, 1.54) is 0 Å². The van der Waals surface area contributed by atoms with E-state index >= 15 is 0 Å². The van der Waals surface area contributed by atoms with E-state index in [2.05, 4.69) is 5.32 Å². The molecule has 2 aliphatic heterocycles. The van der Waals surface area contributed by atoms with E-state index in [1.54, 1.807) is 11.8 Å². The highest BCUT2D eigenvalue weighted by Crippen LogP contribution is 2.18. The molecule has 0 aromatic heterocycles. The first-order chi connectivity index (χ1) is 9.90. The minimum Gasteiger partial charge on any atom is -0.480 e. The molecule has 21 heavy (non-hydrogen) atoms. The standard InChI is InChI=1S/C13H21N3O5/c1-8(11(18)15-4-2-3-5-15)14-13(21)16-7-9(17)6-10(16)12(19)20/h8-10,17H,2-7H2,1H3,(H,14,21)(H,19,20)/t8?,9-,10+/m1/s1. The van der Waals surface area contributed by atoms with Crippen molar-refractivity contribution in [1.82, 2.24) is 15.1 Å². The number of hydrogen-bond donors (Lipinski definition) is 3. The summed E-state index contributed by atoms with van der Waals surface area (Å²) in [5.41, 5.74) is 0. The van der Waals surface area contributed by atoms with Crippen LogP contribution in [0.4, 0.5) is 4.79 Å². The number of likely N-dealkylation sites (tertiary alicyclic amines) is 2. The van der Waals surface area contributed by atoms with E-state index in [1.807, 2.05) is 0 Å². The van der Waals surface area contributed by atoms with Crippen molar-refractivity contribution in [3.63, 3.8) is 0 Å². The van der Waals surface area contributed by atoms with Gasteiger partial charge >= 0.3 is 12.0 Å². The molecule has 8 heteroatoms. The third-order valence-corrected chi connectivity index (χ3v) is 3.95. The predicted molar refractivity (Wildman–Crippen MR) is 72.6 cm³/mol.